The van der Waals surface area contributed by atoms with Gasteiger partial charge in [-0.1, -0.05) is 18.2 Å². The van der Waals surface area contributed by atoms with Gasteiger partial charge in [0.2, 0.25) is 5.91 Å². The van der Waals surface area contributed by atoms with E-state index in [0.717, 1.165) is 10.8 Å². The van der Waals surface area contributed by atoms with Gasteiger partial charge >= 0.3 is 5.97 Å². The number of carbonyl (C=O) groups excluding carboxylic acids is 1. The van der Waals surface area contributed by atoms with Crippen LogP contribution in [0.2, 0.25) is 0 Å². The van der Waals surface area contributed by atoms with Gasteiger partial charge in [0.25, 0.3) is 5.09 Å². The van der Waals surface area contributed by atoms with Gasteiger partial charge in [0.1, 0.15) is 5.75 Å². The van der Waals surface area contributed by atoms with E-state index in [2.05, 4.69) is 4.84 Å². The zero-order valence-corrected chi connectivity index (χ0v) is 17.6. The van der Waals surface area contributed by atoms with Crippen molar-refractivity contribution in [3.8, 4) is 5.75 Å². The van der Waals surface area contributed by atoms with Gasteiger partial charge in [-0.25, -0.2) is 0 Å². The first kappa shape index (κ1) is 22.3. The number of fused-ring (bicyclic) bond motifs is 1. The molecule has 3 rings (SSSR count). The highest BCUT2D eigenvalue weighted by Crippen LogP contribution is 2.33. The number of hydrogen-bond acceptors (Lipinski definition) is 6. The number of nitrogens with zero attached hydrogens (tertiary/aromatic N) is 2. The lowest BCUT2D eigenvalue weighted by molar-refractivity contribution is -0.759. The zero-order chi connectivity index (χ0) is 22.6. The van der Waals surface area contributed by atoms with Crippen LogP contribution in [0.3, 0.4) is 0 Å². The van der Waals surface area contributed by atoms with Crippen molar-refractivity contribution in [2.45, 2.75) is 31.6 Å². The summed E-state index contributed by atoms with van der Waals surface area (Å²) in [4.78, 5) is 41.5. The summed E-state index contributed by atoms with van der Waals surface area (Å²) in [6.07, 6.45) is 1.00. The average Bonchev–Trinajstić information content (AvgIpc) is 2.76. The van der Waals surface area contributed by atoms with Crippen LogP contribution in [0.5, 0.6) is 5.75 Å². The molecule has 1 saturated heterocycles. The summed E-state index contributed by atoms with van der Waals surface area (Å²) in [6, 6.07) is 10.9. The van der Waals surface area contributed by atoms with E-state index in [1.807, 2.05) is 24.3 Å². The second-order valence-corrected chi connectivity index (χ2v) is 8.09. The van der Waals surface area contributed by atoms with E-state index in [-0.39, 0.29) is 24.9 Å². The van der Waals surface area contributed by atoms with Crippen molar-refractivity contribution in [3.05, 3.63) is 52.1 Å². The quantitative estimate of drug-likeness (QED) is 0.505. The number of carboxylic acids is 1. The molecule has 2 aromatic carbocycles. The smallest absolute Gasteiger partial charge is 0.314 e. The highest BCUT2D eigenvalue weighted by atomic mass is 16.9. The summed E-state index contributed by atoms with van der Waals surface area (Å²) in [5, 5.41) is 21.3. The fourth-order valence-electron chi connectivity index (χ4n) is 3.92. The molecule has 166 valence electrons. The first-order valence-corrected chi connectivity index (χ1v) is 10.1. The van der Waals surface area contributed by atoms with E-state index in [9.17, 15) is 24.8 Å². The van der Waals surface area contributed by atoms with Crippen LogP contribution in [-0.4, -0.2) is 53.8 Å². The highest BCUT2D eigenvalue weighted by Gasteiger charge is 2.39. The van der Waals surface area contributed by atoms with Crippen molar-refractivity contribution in [2.75, 3.05) is 26.8 Å². The Balaban J connectivity index is 1.73. The minimum absolute atomic E-state index is 0.0118. The second-order valence-electron chi connectivity index (χ2n) is 8.09. The molecule has 0 bridgehead atoms. The summed E-state index contributed by atoms with van der Waals surface area (Å²) in [5.41, 5.74) is -0.822. The largest absolute Gasteiger partial charge is 0.497 e. The van der Waals surface area contributed by atoms with Gasteiger partial charge in [0.05, 0.1) is 19.1 Å². The van der Waals surface area contributed by atoms with Crippen LogP contribution >= 0.6 is 0 Å². The molecule has 9 heteroatoms. The lowest BCUT2D eigenvalue weighted by atomic mass is 9.78. The van der Waals surface area contributed by atoms with Crippen molar-refractivity contribution in [2.24, 2.45) is 5.92 Å². The molecule has 1 atom stereocenters. The predicted molar refractivity (Wildman–Crippen MR) is 112 cm³/mol. The molecule has 9 nitrogen and oxygen atoms in total. The van der Waals surface area contributed by atoms with Gasteiger partial charge < -0.3 is 19.6 Å². The van der Waals surface area contributed by atoms with Crippen LogP contribution in [0.15, 0.2) is 36.4 Å². The van der Waals surface area contributed by atoms with E-state index >= 15 is 0 Å². The Morgan fingerprint density at radius 1 is 1.19 bits per heavy atom. The number of ether oxygens (including phenoxy) is 1. The Labute approximate surface area is 179 Å². The van der Waals surface area contributed by atoms with E-state index < -0.39 is 16.5 Å². The number of rotatable bonds is 8. The number of methoxy groups -OCH3 is 1. The Hall–Kier alpha value is -3.36. The van der Waals surface area contributed by atoms with Crippen molar-refractivity contribution < 1.29 is 29.4 Å². The molecule has 0 saturated carbocycles. The maximum atomic E-state index is 12.9. The topological polar surface area (TPSA) is 119 Å². The van der Waals surface area contributed by atoms with Gasteiger partial charge in [-0.15, -0.1) is 10.1 Å². The third kappa shape index (κ3) is 5.04. The van der Waals surface area contributed by atoms with Crippen LogP contribution in [-0.2, 0) is 19.8 Å². The van der Waals surface area contributed by atoms with Crippen molar-refractivity contribution in [3.63, 3.8) is 0 Å². The molecule has 0 aromatic heterocycles. The van der Waals surface area contributed by atoms with Crippen LogP contribution in [0.4, 0.5) is 0 Å². The van der Waals surface area contributed by atoms with Crippen molar-refractivity contribution in [1.29, 1.82) is 0 Å². The standard InChI is InChI=1S/C22H26N2O7/c1-22(21(26)27,18-5-3-17-12-19(30-2)6-4-16(17)11-18)13-20(25)23-9-7-15(8-10-23)14-31-24(28)29/h3-6,11-12,15H,7-10,13-14H2,1-2H3,(H,26,27)/t22-/m0/s1. The number of likely N-dealkylation sites (tertiary alicyclic amines) is 1. The normalized spacial score (nSPS) is 16.5. The van der Waals surface area contributed by atoms with Crippen LogP contribution in [0.25, 0.3) is 10.8 Å². The predicted octanol–water partition coefficient (Wildman–Crippen LogP) is 3.03. The first-order valence-electron chi connectivity index (χ1n) is 10.1. The zero-order valence-electron chi connectivity index (χ0n) is 17.6. The molecule has 2 aromatic rings. The first-order chi connectivity index (χ1) is 14.7. The Bertz CT molecular complexity index is 985. The molecule has 1 fully saturated rings. The summed E-state index contributed by atoms with van der Waals surface area (Å²) < 4.78 is 5.23. The summed E-state index contributed by atoms with van der Waals surface area (Å²) in [5.74, 6) is -0.586. The fraction of sp³-hybridized carbons (Fsp3) is 0.455. The molecular formula is C22H26N2O7. The van der Waals surface area contributed by atoms with Gasteiger partial charge in [0.15, 0.2) is 0 Å². The maximum absolute atomic E-state index is 12.9. The number of carbonyl (C=O) groups is 2. The minimum atomic E-state index is -1.38. The molecule has 1 N–H and O–H groups in total. The van der Waals surface area contributed by atoms with Gasteiger partial charge in [-0.3, -0.25) is 9.59 Å². The molecule has 1 aliphatic heterocycles. The minimum Gasteiger partial charge on any atom is -0.497 e. The van der Waals surface area contributed by atoms with Crippen LogP contribution in [0.1, 0.15) is 31.7 Å². The third-order valence-electron chi connectivity index (χ3n) is 6.04. The fourth-order valence-corrected chi connectivity index (χ4v) is 3.92. The number of hydrogen-bond donors (Lipinski definition) is 1. The summed E-state index contributed by atoms with van der Waals surface area (Å²) in [6.45, 7) is 2.44. The molecule has 1 heterocycles. The highest BCUT2D eigenvalue weighted by molar-refractivity contribution is 5.91. The van der Waals surface area contributed by atoms with E-state index in [1.165, 1.54) is 0 Å². The molecule has 31 heavy (non-hydrogen) atoms. The Morgan fingerprint density at radius 2 is 1.84 bits per heavy atom. The molecule has 0 radical (unpaired) electrons. The third-order valence-corrected chi connectivity index (χ3v) is 6.04. The second kappa shape index (κ2) is 9.20. The van der Waals surface area contributed by atoms with E-state index in [0.29, 0.717) is 37.2 Å². The number of aliphatic carboxylic acids is 1. The molecule has 0 aliphatic carbocycles. The summed E-state index contributed by atoms with van der Waals surface area (Å²) in [7, 11) is 1.58. The van der Waals surface area contributed by atoms with Crippen molar-refractivity contribution in [1.82, 2.24) is 4.90 Å². The van der Waals surface area contributed by atoms with E-state index in [4.69, 9.17) is 4.74 Å². The maximum Gasteiger partial charge on any atom is 0.314 e. The molecule has 1 amide bonds. The Kier molecular flexibility index (Phi) is 6.62. The van der Waals surface area contributed by atoms with Crippen LogP contribution in [0, 0.1) is 16.0 Å². The van der Waals surface area contributed by atoms with Crippen molar-refractivity contribution >= 4 is 22.6 Å². The van der Waals surface area contributed by atoms with Gasteiger partial charge in [-0.05, 0) is 60.2 Å². The Morgan fingerprint density at radius 3 is 2.45 bits per heavy atom. The molecule has 1 aliphatic rings. The van der Waals surface area contributed by atoms with Crippen LogP contribution < -0.4 is 4.74 Å². The molecular weight excluding hydrogens is 404 g/mol. The lowest BCUT2D eigenvalue weighted by Crippen LogP contribution is -2.44. The SMILES string of the molecule is COc1ccc2cc([C@](C)(CC(=O)N3CCC(CO[N+](=O)[O-])CC3)C(=O)O)ccc2c1. The number of carboxylic acid groups (broad SMARTS) is 1. The van der Waals surface area contributed by atoms with E-state index in [1.54, 1.807) is 31.1 Å². The molecule has 0 spiro atoms. The van der Waals surface area contributed by atoms with Gasteiger partial charge in [-0.2, -0.15) is 0 Å². The summed E-state index contributed by atoms with van der Waals surface area (Å²) >= 11 is 0. The number of piperidine rings is 1. The number of amides is 1. The monoisotopic (exact) mass is 430 g/mol. The molecule has 0 unspecified atom stereocenters. The number of benzene rings is 2. The van der Waals surface area contributed by atoms with Gasteiger partial charge in [0, 0.05) is 19.5 Å². The lowest BCUT2D eigenvalue weighted by Gasteiger charge is -2.34. The average molecular weight is 430 g/mol.